The van der Waals surface area contributed by atoms with Crippen LogP contribution in [0, 0.1) is 13.8 Å². The second kappa shape index (κ2) is 5.71. The molecule has 1 aliphatic heterocycles. The SMILES string of the molecule is COc1cc(C)c(C)cc1S(=O)(=O)N1CCC(O)CC1. The van der Waals surface area contributed by atoms with Gasteiger partial charge in [0, 0.05) is 13.1 Å². The van der Waals surface area contributed by atoms with Gasteiger partial charge in [-0.1, -0.05) is 0 Å². The maximum Gasteiger partial charge on any atom is 0.246 e. The Morgan fingerprint density at radius 2 is 1.75 bits per heavy atom. The van der Waals surface area contributed by atoms with Crippen molar-refractivity contribution < 1.29 is 18.3 Å². The summed E-state index contributed by atoms with van der Waals surface area (Å²) < 4.78 is 32.1. The highest BCUT2D eigenvalue weighted by Gasteiger charge is 2.31. The van der Waals surface area contributed by atoms with E-state index >= 15 is 0 Å². The minimum atomic E-state index is -3.57. The highest BCUT2D eigenvalue weighted by Crippen LogP contribution is 2.31. The molecule has 0 atom stereocenters. The molecule has 20 heavy (non-hydrogen) atoms. The van der Waals surface area contributed by atoms with Gasteiger partial charge in [0.25, 0.3) is 0 Å². The second-order valence-corrected chi connectivity index (χ2v) is 7.13. The summed E-state index contributed by atoms with van der Waals surface area (Å²) >= 11 is 0. The minimum absolute atomic E-state index is 0.208. The average molecular weight is 299 g/mol. The smallest absolute Gasteiger partial charge is 0.246 e. The number of piperidine rings is 1. The zero-order chi connectivity index (χ0) is 14.9. The molecule has 112 valence electrons. The third kappa shape index (κ3) is 2.82. The van der Waals surface area contributed by atoms with E-state index in [4.69, 9.17) is 4.74 Å². The van der Waals surface area contributed by atoms with Crippen LogP contribution in [0.15, 0.2) is 17.0 Å². The summed E-state index contributed by atoms with van der Waals surface area (Å²) in [6.07, 6.45) is 0.557. The van der Waals surface area contributed by atoms with Gasteiger partial charge in [-0.25, -0.2) is 8.42 Å². The Morgan fingerprint density at radius 1 is 1.20 bits per heavy atom. The molecule has 0 bridgehead atoms. The van der Waals surface area contributed by atoms with Crippen molar-refractivity contribution in [3.05, 3.63) is 23.3 Å². The van der Waals surface area contributed by atoms with E-state index in [-0.39, 0.29) is 4.90 Å². The van der Waals surface area contributed by atoms with Gasteiger partial charge in [-0.3, -0.25) is 0 Å². The van der Waals surface area contributed by atoms with Crippen LogP contribution in [0.2, 0.25) is 0 Å². The summed E-state index contributed by atoms with van der Waals surface area (Å²) in [5.74, 6) is 0.374. The van der Waals surface area contributed by atoms with Crippen molar-refractivity contribution in [3.8, 4) is 5.75 Å². The number of benzene rings is 1. The Hall–Kier alpha value is -1.11. The number of aryl methyl sites for hydroxylation is 2. The minimum Gasteiger partial charge on any atom is -0.495 e. The highest BCUT2D eigenvalue weighted by atomic mass is 32.2. The van der Waals surface area contributed by atoms with Gasteiger partial charge in [0.1, 0.15) is 10.6 Å². The molecule has 1 aromatic carbocycles. The first kappa shape index (κ1) is 15.3. The first-order chi connectivity index (χ1) is 9.36. The van der Waals surface area contributed by atoms with Gasteiger partial charge in [0.2, 0.25) is 10.0 Å². The molecule has 0 aromatic heterocycles. The number of ether oxygens (including phenoxy) is 1. The van der Waals surface area contributed by atoms with Crippen LogP contribution in [0.5, 0.6) is 5.75 Å². The van der Waals surface area contributed by atoms with Gasteiger partial charge in [-0.15, -0.1) is 0 Å². The Morgan fingerprint density at radius 3 is 2.30 bits per heavy atom. The van der Waals surface area contributed by atoms with Gasteiger partial charge in [-0.05, 0) is 49.9 Å². The maximum absolute atomic E-state index is 12.7. The lowest BCUT2D eigenvalue weighted by Gasteiger charge is -2.29. The predicted molar refractivity (Wildman–Crippen MR) is 76.5 cm³/mol. The lowest BCUT2D eigenvalue weighted by molar-refractivity contribution is 0.113. The Balaban J connectivity index is 2.41. The van der Waals surface area contributed by atoms with Crippen molar-refractivity contribution in [1.29, 1.82) is 0 Å². The average Bonchev–Trinajstić information content (AvgIpc) is 2.41. The van der Waals surface area contributed by atoms with E-state index in [0.29, 0.717) is 31.7 Å². The van der Waals surface area contributed by atoms with Gasteiger partial charge in [0.05, 0.1) is 13.2 Å². The number of methoxy groups -OCH3 is 1. The zero-order valence-electron chi connectivity index (χ0n) is 12.1. The molecule has 1 saturated heterocycles. The summed E-state index contributed by atoms with van der Waals surface area (Å²) in [6.45, 7) is 4.50. The van der Waals surface area contributed by atoms with Crippen molar-refractivity contribution in [3.63, 3.8) is 0 Å². The first-order valence-electron chi connectivity index (χ1n) is 6.69. The molecule has 0 unspecified atom stereocenters. The van der Waals surface area contributed by atoms with Gasteiger partial charge >= 0.3 is 0 Å². The molecule has 1 N–H and O–H groups in total. The zero-order valence-corrected chi connectivity index (χ0v) is 12.9. The van der Waals surface area contributed by atoms with Crippen molar-refractivity contribution in [2.24, 2.45) is 0 Å². The van der Waals surface area contributed by atoms with Crippen molar-refractivity contribution in [2.75, 3.05) is 20.2 Å². The van der Waals surface area contributed by atoms with Gasteiger partial charge in [-0.2, -0.15) is 4.31 Å². The Kier molecular flexibility index (Phi) is 4.36. The van der Waals surface area contributed by atoms with Crippen LogP contribution < -0.4 is 4.74 Å². The molecule has 5 nitrogen and oxygen atoms in total. The number of nitrogens with zero attached hydrogens (tertiary/aromatic N) is 1. The summed E-state index contributed by atoms with van der Waals surface area (Å²) in [7, 11) is -2.09. The first-order valence-corrected chi connectivity index (χ1v) is 8.13. The normalized spacial score (nSPS) is 18.2. The lowest BCUT2D eigenvalue weighted by Crippen LogP contribution is -2.40. The topological polar surface area (TPSA) is 66.8 Å². The molecular weight excluding hydrogens is 278 g/mol. The summed E-state index contributed by atoms with van der Waals surface area (Å²) in [6, 6.07) is 3.41. The second-order valence-electron chi connectivity index (χ2n) is 5.22. The van der Waals surface area contributed by atoms with Crippen LogP contribution in [0.1, 0.15) is 24.0 Å². The monoisotopic (exact) mass is 299 g/mol. The van der Waals surface area contributed by atoms with Crippen molar-refractivity contribution in [2.45, 2.75) is 37.7 Å². The van der Waals surface area contributed by atoms with E-state index < -0.39 is 16.1 Å². The molecule has 2 rings (SSSR count). The van der Waals surface area contributed by atoms with Crippen LogP contribution >= 0.6 is 0 Å². The molecule has 0 radical (unpaired) electrons. The molecule has 1 aliphatic rings. The molecule has 1 aromatic rings. The fraction of sp³-hybridized carbons (Fsp3) is 0.571. The van der Waals surface area contributed by atoms with Crippen LogP contribution in [0.25, 0.3) is 0 Å². The highest BCUT2D eigenvalue weighted by molar-refractivity contribution is 7.89. The summed E-state index contributed by atoms with van der Waals surface area (Å²) in [4.78, 5) is 0.208. The third-order valence-electron chi connectivity index (χ3n) is 3.82. The van der Waals surface area contributed by atoms with Crippen molar-refractivity contribution in [1.82, 2.24) is 4.31 Å². The standard InChI is InChI=1S/C14H21NO4S/c1-10-8-13(19-3)14(9-11(10)2)20(17,18)15-6-4-12(16)5-7-15/h8-9,12,16H,4-7H2,1-3H3. The molecule has 0 spiro atoms. The van der Waals surface area contributed by atoms with E-state index in [0.717, 1.165) is 11.1 Å². The molecule has 1 fully saturated rings. The lowest BCUT2D eigenvalue weighted by atomic mass is 10.1. The van der Waals surface area contributed by atoms with E-state index in [1.165, 1.54) is 11.4 Å². The number of aliphatic hydroxyl groups excluding tert-OH is 1. The summed E-state index contributed by atoms with van der Waals surface area (Å²) in [5.41, 5.74) is 1.91. The maximum atomic E-state index is 12.7. The van der Waals surface area contributed by atoms with Crippen LogP contribution in [0.3, 0.4) is 0 Å². The molecule has 1 heterocycles. The fourth-order valence-corrected chi connectivity index (χ4v) is 4.04. The largest absolute Gasteiger partial charge is 0.495 e. The number of aliphatic hydroxyl groups is 1. The van der Waals surface area contributed by atoms with E-state index in [2.05, 4.69) is 0 Å². The molecular formula is C14H21NO4S. The molecule has 0 saturated carbocycles. The fourth-order valence-electron chi connectivity index (χ4n) is 2.35. The Labute approximate surface area is 120 Å². The van der Waals surface area contributed by atoms with Crippen LogP contribution in [-0.4, -0.2) is 44.1 Å². The number of hydrogen-bond acceptors (Lipinski definition) is 4. The predicted octanol–water partition coefficient (Wildman–Crippen LogP) is 1.46. The van der Waals surface area contributed by atoms with Gasteiger partial charge in [0.15, 0.2) is 0 Å². The van der Waals surface area contributed by atoms with Crippen LogP contribution in [-0.2, 0) is 10.0 Å². The number of rotatable bonds is 3. The third-order valence-corrected chi connectivity index (χ3v) is 5.74. The van der Waals surface area contributed by atoms with Gasteiger partial charge < -0.3 is 9.84 Å². The Bertz CT molecular complexity index is 589. The number of hydrogen-bond donors (Lipinski definition) is 1. The summed E-state index contributed by atoms with van der Waals surface area (Å²) in [5, 5.41) is 9.50. The van der Waals surface area contributed by atoms with E-state index in [1.807, 2.05) is 13.8 Å². The van der Waals surface area contributed by atoms with E-state index in [1.54, 1.807) is 12.1 Å². The number of sulfonamides is 1. The molecule has 0 aliphatic carbocycles. The van der Waals surface area contributed by atoms with Crippen LogP contribution in [0.4, 0.5) is 0 Å². The van der Waals surface area contributed by atoms with Crippen molar-refractivity contribution >= 4 is 10.0 Å². The molecule has 0 amide bonds. The molecule has 6 heteroatoms. The quantitative estimate of drug-likeness (QED) is 0.917. The van der Waals surface area contributed by atoms with E-state index in [9.17, 15) is 13.5 Å².